The largest absolute Gasteiger partial charge is 0.316 e. The molecule has 2 rings (SSSR count). The summed E-state index contributed by atoms with van der Waals surface area (Å²) in [4.78, 5) is 0. The Hall–Kier alpha value is -0.830. The smallest absolute Gasteiger partial charge is 0.0521 e. The second kappa shape index (κ2) is 4.35. The minimum absolute atomic E-state index is 0.553. The van der Waals surface area contributed by atoms with Crippen molar-refractivity contribution in [3.63, 3.8) is 0 Å². The van der Waals surface area contributed by atoms with Gasteiger partial charge in [-0.15, -0.1) is 0 Å². The molecular formula is C12H21N3. The summed E-state index contributed by atoms with van der Waals surface area (Å²) < 4.78 is 2.01. The first kappa shape index (κ1) is 10.7. The van der Waals surface area contributed by atoms with Crippen molar-refractivity contribution >= 4 is 0 Å². The first-order valence-electron chi connectivity index (χ1n) is 6.00. The lowest BCUT2D eigenvalue weighted by Gasteiger charge is -2.13. The van der Waals surface area contributed by atoms with Gasteiger partial charge in [-0.25, -0.2) is 0 Å². The zero-order valence-electron chi connectivity index (χ0n) is 9.79. The van der Waals surface area contributed by atoms with Crippen LogP contribution in [0.5, 0.6) is 0 Å². The molecule has 1 fully saturated rings. The fourth-order valence-corrected chi connectivity index (χ4v) is 2.09. The summed E-state index contributed by atoms with van der Waals surface area (Å²) in [6.45, 7) is 7.52. The van der Waals surface area contributed by atoms with Gasteiger partial charge < -0.3 is 5.32 Å². The number of nitrogens with zero attached hydrogens (tertiary/aromatic N) is 2. The van der Waals surface area contributed by atoms with Crippen LogP contribution >= 0.6 is 0 Å². The van der Waals surface area contributed by atoms with E-state index in [2.05, 4.69) is 30.5 Å². The molecule has 15 heavy (non-hydrogen) atoms. The highest BCUT2D eigenvalue weighted by Crippen LogP contribution is 2.47. The maximum Gasteiger partial charge on any atom is 0.0521 e. The Kier molecular flexibility index (Phi) is 3.10. The van der Waals surface area contributed by atoms with Gasteiger partial charge in [-0.05, 0) is 43.7 Å². The lowest BCUT2D eigenvalue weighted by Crippen LogP contribution is -2.25. The van der Waals surface area contributed by atoms with Crippen LogP contribution in [0.25, 0.3) is 0 Å². The van der Waals surface area contributed by atoms with E-state index in [-0.39, 0.29) is 0 Å². The molecule has 3 nitrogen and oxygen atoms in total. The quantitative estimate of drug-likeness (QED) is 0.771. The van der Waals surface area contributed by atoms with Crippen LogP contribution in [0.2, 0.25) is 0 Å². The van der Waals surface area contributed by atoms with E-state index in [1.165, 1.54) is 31.4 Å². The highest BCUT2D eigenvalue weighted by molar-refractivity contribution is 5.12. The van der Waals surface area contributed by atoms with Crippen molar-refractivity contribution in [3.05, 3.63) is 18.0 Å². The summed E-state index contributed by atoms with van der Waals surface area (Å²) in [6.07, 6.45) is 8.15. The summed E-state index contributed by atoms with van der Waals surface area (Å²) >= 11 is 0. The molecule has 3 heteroatoms. The van der Waals surface area contributed by atoms with Crippen molar-refractivity contribution in [1.29, 1.82) is 0 Å². The van der Waals surface area contributed by atoms with Crippen molar-refractivity contribution in [2.45, 2.75) is 39.7 Å². The van der Waals surface area contributed by atoms with Gasteiger partial charge in [-0.2, -0.15) is 5.10 Å². The minimum Gasteiger partial charge on any atom is -0.316 e. The molecule has 1 aromatic heterocycles. The third kappa shape index (κ3) is 2.59. The van der Waals surface area contributed by atoms with Gasteiger partial charge in [-0.1, -0.05) is 6.92 Å². The highest BCUT2D eigenvalue weighted by Gasteiger charge is 2.41. The predicted molar refractivity (Wildman–Crippen MR) is 61.8 cm³/mol. The Labute approximate surface area is 91.9 Å². The molecule has 0 unspecified atom stereocenters. The van der Waals surface area contributed by atoms with Gasteiger partial charge >= 0.3 is 0 Å². The van der Waals surface area contributed by atoms with E-state index in [9.17, 15) is 0 Å². The number of hydrogen-bond donors (Lipinski definition) is 1. The average molecular weight is 207 g/mol. The van der Waals surface area contributed by atoms with E-state index in [0.717, 1.165) is 13.1 Å². The second-order valence-corrected chi connectivity index (χ2v) is 4.66. The van der Waals surface area contributed by atoms with E-state index >= 15 is 0 Å². The molecule has 84 valence electrons. The number of aryl methyl sites for hydroxylation is 1. The molecule has 1 aromatic rings. The predicted octanol–water partition coefficient (Wildman–Crippen LogP) is 1.84. The first-order valence-corrected chi connectivity index (χ1v) is 6.00. The third-order valence-corrected chi connectivity index (χ3v) is 3.30. The average Bonchev–Trinajstić information content (AvgIpc) is 2.85. The molecule has 0 radical (unpaired) electrons. The second-order valence-electron chi connectivity index (χ2n) is 4.66. The number of hydrogen-bond acceptors (Lipinski definition) is 2. The van der Waals surface area contributed by atoms with Gasteiger partial charge in [0.25, 0.3) is 0 Å². The van der Waals surface area contributed by atoms with Crippen LogP contribution in [0, 0.1) is 5.41 Å². The maximum absolute atomic E-state index is 4.32. The summed E-state index contributed by atoms with van der Waals surface area (Å²) in [5, 5.41) is 7.79. The SMILES string of the molecule is CCNCC1(Cc2cnn(CC)c2)CC1. The van der Waals surface area contributed by atoms with Crippen LogP contribution in [0.1, 0.15) is 32.3 Å². The summed E-state index contributed by atoms with van der Waals surface area (Å²) in [5.74, 6) is 0. The molecule has 1 N–H and O–H groups in total. The summed E-state index contributed by atoms with van der Waals surface area (Å²) in [6, 6.07) is 0. The van der Waals surface area contributed by atoms with E-state index in [1.54, 1.807) is 0 Å². The zero-order chi connectivity index (χ0) is 10.7. The Bertz CT molecular complexity index is 312. The molecule has 1 aliphatic carbocycles. The van der Waals surface area contributed by atoms with Crippen LogP contribution in [0.3, 0.4) is 0 Å². The normalized spacial score (nSPS) is 18.0. The molecule has 1 saturated carbocycles. The molecule has 1 aliphatic rings. The molecule has 0 atom stereocenters. The van der Waals surface area contributed by atoms with Crippen molar-refractivity contribution in [2.24, 2.45) is 5.41 Å². The van der Waals surface area contributed by atoms with Crippen molar-refractivity contribution in [2.75, 3.05) is 13.1 Å². The van der Waals surface area contributed by atoms with E-state index < -0.39 is 0 Å². The Morgan fingerprint density at radius 3 is 2.80 bits per heavy atom. The molecule has 0 amide bonds. The molecule has 0 aliphatic heterocycles. The van der Waals surface area contributed by atoms with E-state index in [0.29, 0.717) is 5.41 Å². The topological polar surface area (TPSA) is 29.9 Å². The molecule has 0 aromatic carbocycles. The van der Waals surface area contributed by atoms with Gasteiger partial charge in [-0.3, -0.25) is 4.68 Å². The van der Waals surface area contributed by atoms with E-state index in [1.807, 2.05) is 10.9 Å². The first-order chi connectivity index (χ1) is 7.28. The number of nitrogens with one attached hydrogen (secondary N) is 1. The molecule has 0 bridgehead atoms. The van der Waals surface area contributed by atoms with E-state index in [4.69, 9.17) is 0 Å². The van der Waals surface area contributed by atoms with Crippen LogP contribution in [-0.2, 0) is 13.0 Å². The van der Waals surface area contributed by atoms with Gasteiger partial charge in [0.2, 0.25) is 0 Å². The van der Waals surface area contributed by atoms with Gasteiger partial charge in [0.15, 0.2) is 0 Å². The van der Waals surface area contributed by atoms with Crippen LogP contribution in [0.15, 0.2) is 12.4 Å². The van der Waals surface area contributed by atoms with Gasteiger partial charge in [0.1, 0.15) is 0 Å². The zero-order valence-corrected chi connectivity index (χ0v) is 9.79. The van der Waals surface area contributed by atoms with Crippen molar-refractivity contribution in [3.8, 4) is 0 Å². The maximum atomic E-state index is 4.32. The number of aromatic nitrogens is 2. The minimum atomic E-state index is 0.553. The molecule has 1 heterocycles. The highest BCUT2D eigenvalue weighted by atomic mass is 15.3. The lowest BCUT2D eigenvalue weighted by atomic mass is 9.99. The van der Waals surface area contributed by atoms with Crippen molar-refractivity contribution < 1.29 is 0 Å². The molecule has 0 spiro atoms. The monoisotopic (exact) mass is 207 g/mol. The lowest BCUT2D eigenvalue weighted by molar-refractivity contribution is 0.462. The van der Waals surface area contributed by atoms with Gasteiger partial charge in [0, 0.05) is 19.3 Å². The molecular weight excluding hydrogens is 186 g/mol. The summed E-state index contributed by atoms with van der Waals surface area (Å²) in [5.41, 5.74) is 1.95. The Morgan fingerprint density at radius 2 is 2.27 bits per heavy atom. The van der Waals surface area contributed by atoms with Crippen LogP contribution in [0.4, 0.5) is 0 Å². The van der Waals surface area contributed by atoms with Crippen LogP contribution < -0.4 is 5.32 Å². The number of rotatable bonds is 6. The third-order valence-electron chi connectivity index (χ3n) is 3.30. The standard InChI is InChI=1S/C12H21N3/c1-3-13-10-12(5-6-12)7-11-8-14-15(4-2)9-11/h8-9,13H,3-7,10H2,1-2H3. The van der Waals surface area contributed by atoms with Crippen LogP contribution in [-0.4, -0.2) is 22.9 Å². The van der Waals surface area contributed by atoms with Gasteiger partial charge in [0.05, 0.1) is 6.20 Å². The Morgan fingerprint density at radius 1 is 1.47 bits per heavy atom. The fraction of sp³-hybridized carbons (Fsp3) is 0.750. The Balaban J connectivity index is 1.90. The fourth-order valence-electron chi connectivity index (χ4n) is 2.09. The summed E-state index contributed by atoms with van der Waals surface area (Å²) in [7, 11) is 0. The molecule has 0 saturated heterocycles. The van der Waals surface area contributed by atoms with Crippen molar-refractivity contribution in [1.82, 2.24) is 15.1 Å².